The highest BCUT2D eigenvalue weighted by Crippen LogP contribution is 2.20. The molecule has 0 radical (unpaired) electrons. The highest BCUT2D eigenvalue weighted by molar-refractivity contribution is 7.92. The SMILES string of the molecule is CCCCCS(=O)(=O)CC(=O)NC(Cc1ccc(Cl)cc1)c1ccccc1. The van der Waals surface area contributed by atoms with E-state index in [1.165, 1.54) is 0 Å². The average Bonchev–Trinajstić information content (AvgIpc) is 2.63. The first-order valence-corrected chi connectivity index (χ1v) is 11.4. The summed E-state index contributed by atoms with van der Waals surface area (Å²) in [4.78, 5) is 12.4. The Morgan fingerprint density at radius 1 is 1.04 bits per heavy atom. The van der Waals surface area contributed by atoms with E-state index in [0.717, 1.165) is 24.0 Å². The second-order valence-electron chi connectivity index (χ2n) is 6.66. The highest BCUT2D eigenvalue weighted by atomic mass is 35.5. The maximum absolute atomic E-state index is 12.4. The van der Waals surface area contributed by atoms with E-state index < -0.39 is 21.5 Å². The molecular weight excluding hydrogens is 382 g/mol. The number of amides is 1. The van der Waals surface area contributed by atoms with Crippen LogP contribution in [0.4, 0.5) is 0 Å². The molecule has 0 saturated heterocycles. The van der Waals surface area contributed by atoms with Crippen molar-refractivity contribution in [2.75, 3.05) is 11.5 Å². The van der Waals surface area contributed by atoms with E-state index in [0.29, 0.717) is 17.9 Å². The van der Waals surface area contributed by atoms with Gasteiger partial charge in [0.2, 0.25) is 5.91 Å². The Labute approximate surface area is 166 Å². The van der Waals surface area contributed by atoms with Crippen molar-refractivity contribution in [1.29, 1.82) is 0 Å². The lowest BCUT2D eigenvalue weighted by Gasteiger charge is -2.20. The first-order valence-electron chi connectivity index (χ1n) is 9.19. The van der Waals surface area contributed by atoms with Gasteiger partial charge in [0.15, 0.2) is 9.84 Å². The van der Waals surface area contributed by atoms with E-state index in [1.54, 1.807) is 12.1 Å². The van der Waals surface area contributed by atoms with Gasteiger partial charge in [-0.25, -0.2) is 8.42 Å². The number of halogens is 1. The zero-order valence-electron chi connectivity index (χ0n) is 15.5. The quantitative estimate of drug-likeness (QED) is 0.595. The summed E-state index contributed by atoms with van der Waals surface area (Å²) >= 11 is 5.94. The van der Waals surface area contributed by atoms with Crippen LogP contribution >= 0.6 is 11.6 Å². The van der Waals surface area contributed by atoms with Gasteiger partial charge in [-0.05, 0) is 36.1 Å². The van der Waals surface area contributed by atoms with Crippen molar-refractivity contribution in [1.82, 2.24) is 5.32 Å². The number of carbonyl (C=O) groups is 1. The van der Waals surface area contributed by atoms with E-state index in [1.807, 2.05) is 49.4 Å². The molecule has 1 amide bonds. The maximum atomic E-state index is 12.4. The van der Waals surface area contributed by atoms with E-state index in [9.17, 15) is 13.2 Å². The number of nitrogens with one attached hydrogen (secondary N) is 1. The van der Waals surface area contributed by atoms with Crippen LogP contribution in [-0.2, 0) is 21.1 Å². The van der Waals surface area contributed by atoms with Gasteiger partial charge in [-0.2, -0.15) is 0 Å². The second kappa shape index (κ2) is 10.5. The van der Waals surface area contributed by atoms with Gasteiger partial charge in [0, 0.05) is 5.02 Å². The lowest BCUT2D eigenvalue weighted by atomic mass is 9.99. The molecule has 0 aromatic heterocycles. The zero-order chi connectivity index (χ0) is 19.7. The summed E-state index contributed by atoms with van der Waals surface area (Å²) in [5, 5.41) is 3.54. The fourth-order valence-corrected chi connectivity index (χ4v) is 4.27. The molecule has 2 rings (SSSR count). The van der Waals surface area contributed by atoms with Crippen LogP contribution in [0.2, 0.25) is 5.02 Å². The van der Waals surface area contributed by atoms with Crippen molar-refractivity contribution < 1.29 is 13.2 Å². The van der Waals surface area contributed by atoms with Crippen LogP contribution in [0.15, 0.2) is 54.6 Å². The van der Waals surface area contributed by atoms with Crippen molar-refractivity contribution in [3.05, 3.63) is 70.7 Å². The van der Waals surface area contributed by atoms with E-state index in [4.69, 9.17) is 11.6 Å². The molecule has 0 aliphatic rings. The smallest absolute Gasteiger partial charge is 0.235 e. The molecule has 146 valence electrons. The predicted octanol–water partition coefficient (Wildman–Crippen LogP) is 4.35. The Morgan fingerprint density at radius 3 is 2.33 bits per heavy atom. The number of hydrogen-bond donors (Lipinski definition) is 1. The summed E-state index contributed by atoms with van der Waals surface area (Å²) in [6.45, 7) is 2.01. The van der Waals surface area contributed by atoms with Gasteiger partial charge in [-0.15, -0.1) is 0 Å². The lowest BCUT2D eigenvalue weighted by molar-refractivity contribution is -0.119. The Morgan fingerprint density at radius 2 is 1.70 bits per heavy atom. The third-order valence-corrected chi connectivity index (χ3v) is 6.16. The van der Waals surface area contributed by atoms with Crippen LogP contribution in [0.3, 0.4) is 0 Å². The summed E-state index contributed by atoms with van der Waals surface area (Å²) in [6.07, 6.45) is 2.95. The summed E-state index contributed by atoms with van der Waals surface area (Å²) in [5.41, 5.74) is 1.95. The highest BCUT2D eigenvalue weighted by Gasteiger charge is 2.20. The molecule has 0 heterocycles. The lowest BCUT2D eigenvalue weighted by Crippen LogP contribution is -2.35. The van der Waals surface area contributed by atoms with Crippen molar-refractivity contribution in [3.8, 4) is 0 Å². The zero-order valence-corrected chi connectivity index (χ0v) is 17.1. The first kappa shape index (κ1) is 21.5. The van der Waals surface area contributed by atoms with E-state index >= 15 is 0 Å². The minimum atomic E-state index is -3.39. The number of benzene rings is 2. The monoisotopic (exact) mass is 407 g/mol. The number of carbonyl (C=O) groups excluding carboxylic acids is 1. The average molecular weight is 408 g/mol. The van der Waals surface area contributed by atoms with Crippen LogP contribution in [0, 0.1) is 0 Å². The van der Waals surface area contributed by atoms with E-state index in [-0.39, 0.29) is 11.8 Å². The largest absolute Gasteiger partial charge is 0.348 e. The normalized spacial score (nSPS) is 12.5. The minimum absolute atomic E-state index is 0.0570. The molecule has 27 heavy (non-hydrogen) atoms. The molecule has 1 unspecified atom stereocenters. The summed E-state index contributed by atoms with van der Waals surface area (Å²) in [5.74, 6) is -0.878. The van der Waals surface area contributed by atoms with Gasteiger partial charge >= 0.3 is 0 Å². The molecule has 0 bridgehead atoms. The summed E-state index contributed by atoms with van der Waals surface area (Å²) in [7, 11) is -3.39. The maximum Gasteiger partial charge on any atom is 0.235 e. The second-order valence-corrected chi connectivity index (χ2v) is 9.28. The van der Waals surface area contributed by atoms with Gasteiger partial charge in [0.1, 0.15) is 5.75 Å². The molecule has 6 heteroatoms. The molecule has 2 aromatic carbocycles. The van der Waals surface area contributed by atoms with Gasteiger partial charge in [0.25, 0.3) is 0 Å². The molecule has 0 saturated carbocycles. The minimum Gasteiger partial charge on any atom is -0.348 e. The molecule has 1 N–H and O–H groups in total. The third kappa shape index (κ3) is 7.73. The van der Waals surface area contributed by atoms with E-state index in [2.05, 4.69) is 5.32 Å². The fraction of sp³-hybridized carbons (Fsp3) is 0.381. The molecule has 0 aliphatic heterocycles. The van der Waals surface area contributed by atoms with Crippen LogP contribution < -0.4 is 5.32 Å². The molecule has 1 atom stereocenters. The number of unbranched alkanes of at least 4 members (excludes halogenated alkanes) is 2. The number of rotatable bonds is 10. The van der Waals surface area contributed by atoms with Crippen molar-refractivity contribution >= 4 is 27.3 Å². The summed E-state index contributed by atoms with van der Waals surface area (Å²) in [6, 6.07) is 16.7. The van der Waals surface area contributed by atoms with Gasteiger partial charge < -0.3 is 5.32 Å². The molecule has 0 fully saturated rings. The van der Waals surface area contributed by atoms with Crippen LogP contribution in [0.1, 0.15) is 43.4 Å². The Bertz CT molecular complexity index is 820. The molecule has 4 nitrogen and oxygen atoms in total. The van der Waals surface area contributed by atoms with Crippen LogP contribution in [0.5, 0.6) is 0 Å². The first-order chi connectivity index (χ1) is 12.9. The Kier molecular flexibility index (Phi) is 8.32. The number of hydrogen-bond acceptors (Lipinski definition) is 3. The number of sulfone groups is 1. The fourth-order valence-electron chi connectivity index (χ4n) is 2.87. The molecule has 2 aromatic rings. The Hall–Kier alpha value is -1.85. The van der Waals surface area contributed by atoms with Crippen molar-refractivity contribution in [2.45, 2.75) is 38.6 Å². The summed E-state index contributed by atoms with van der Waals surface area (Å²) < 4.78 is 24.3. The molecule has 0 aliphatic carbocycles. The van der Waals surface area contributed by atoms with Crippen molar-refractivity contribution in [3.63, 3.8) is 0 Å². The van der Waals surface area contributed by atoms with Crippen LogP contribution in [0.25, 0.3) is 0 Å². The standard InChI is InChI=1S/C21H26ClNO3S/c1-2-3-7-14-27(25,26)16-21(24)23-20(18-8-5-4-6-9-18)15-17-10-12-19(22)13-11-17/h4-6,8-13,20H,2-3,7,14-16H2,1H3,(H,23,24). The molecule has 0 spiro atoms. The third-order valence-electron chi connectivity index (χ3n) is 4.30. The predicted molar refractivity (Wildman–Crippen MR) is 111 cm³/mol. The van der Waals surface area contributed by atoms with Gasteiger partial charge in [-0.3, -0.25) is 4.79 Å². The topological polar surface area (TPSA) is 63.2 Å². The molecular formula is C21H26ClNO3S. The Balaban J connectivity index is 2.07. The van der Waals surface area contributed by atoms with Crippen LogP contribution in [-0.4, -0.2) is 25.8 Å². The van der Waals surface area contributed by atoms with Gasteiger partial charge in [0.05, 0.1) is 11.8 Å². The van der Waals surface area contributed by atoms with Gasteiger partial charge in [-0.1, -0.05) is 73.8 Å². The van der Waals surface area contributed by atoms with Crippen molar-refractivity contribution in [2.24, 2.45) is 0 Å².